The summed E-state index contributed by atoms with van der Waals surface area (Å²) in [6.07, 6.45) is 0. The Bertz CT molecular complexity index is 628. The van der Waals surface area contributed by atoms with E-state index in [0.717, 1.165) is 5.56 Å². The highest BCUT2D eigenvalue weighted by molar-refractivity contribution is 6.31. The molecule has 0 aliphatic heterocycles. The van der Waals surface area contributed by atoms with Crippen LogP contribution in [0.3, 0.4) is 0 Å². The number of halogens is 1. The van der Waals surface area contributed by atoms with Gasteiger partial charge in [-0.25, -0.2) is 4.79 Å². The third kappa shape index (κ3) is 2.28. The molecule has 0 saturated carbocycles. The van der Waals surface area contributed by atoms with Crippen LogP contribution in [0.4, 0.5) is 0 Å². The molecule has 0 aliphatic rings. The molecule has 0 atom stereocenters. The molecule has 2 aromatic rings. The van der Waals surface area contributed by atoms with Gasteiger partial charge in [-0.1, -0.05) is 11.6 Å². The monoisotopic (exact) mass is 264 g/mol. The van der Waals surface area contributed by atoms with Crippen LogP contribution in [0.15, 0.2) is 34.7 Å². The van der Waals surface area contributed by atoms with Crippen LogP contribution in [-0.4, -0.2) is 16.9 Å². The van der Waals surface area contributed by atoms with Gasteiger partial charge in [-0.05, 0) is 42.8 Å². The summed E-state index contributed by atoms with van der Waals surface area (Å²) in [4.78, 5) is 22.7. The average molecular weight is 265 g/mol. The van der Waals surface area contributed by atoms with Crippen molar-refractivity contribution in [1.82, 2.24) is 0 Å². The predicted octanol–water partition coefficient (Wildman–Crippen LogP) is 3.17. The lowest BCUT2D eigenvalue weighted by molar-refractivity contribution is 0.0660. The van der Waals surface area contributed by atoms with Crippen LogP contribution in [0.2, 0.25) is 5.02 Å². The van der Waals surface area contributed by atoms with Crippen molar-refractivity contribution in [3.05, 3.63) is 58.0 Å². The molecule has 0 bridgehead atoms. The second-order valence-corrected chi connectivity index (χ2v) is 4.17. The minimum Gasteiger partial charge on any atom is -0.475 e. The Hall–Kier alpha value is -2.07. The first kappa shape index (κ1) is 12.4. The van der Waals surface area contributed by atoms with Crippen LogP contribution >= 0.6 is 11.6 Å². The Labute approximate surface area is 108 Å². The minimum absolute atomic E-state index is 0.00544. The van der Waals surface area contributed by atoms with Crippen molar-refractivity contribution < 1.29 is 19.1 Å². The van der Waals surface area contributed by atoms with Crippen molar-refractivity contribution in [3.63, 3.8) is 0 Å². The van der Waals surface area contributed by atoms with Crippen molar-refractivity contribution >= 4 is 23.4 Å². The predicted molar refractivity (Wildman–Crippen MR) is 65.3 cm³/mol. The van der Waals surface area contributed by atoms with Crippen molar-refractivity contribution in [1.29, 1.82) is 0 Å². The zero-order valence-corrected chi connectivity index (χ0v) is 10.2. The Morgan fingerprint density at radius 1 is 1.17 bits per heavy atom. The molecule has 0 fully saturated rings. The highest BCUT2D eigenvalue weighted by Gasteiger charge is 2.16. The fourth-order valence-corrected chi connectivity index (χ4v) is 1.62. The molecule has 0 amide bonds. The number of aryl methyl sites for hydroxylation is 1. The van der Waals surface area contributed by atoms with Gasteiger partial charge in [0.15, 0.2) is 5.76 Å². The van der Waals surface area contributed by atoms with Gasteiger partial charge in [-0.2, -0.15) is 0 Å². The molecule has 0 radical (unpaired) electrons. The maximum atomic E-state index is 12.0. The van der Waals surface area contributed by atoms with Gasteiger partial charge in [-0.3, -0.25) is 4.79 Å². The van der Waals surface area contributed by atoms with Gasteiger partial charge in [0.25, 0.3) is 0 Å². The molecule has 1 heterocycles. The molecule has 0 saturated heterocycles. The SMILES string of the molecule is Cc1cc(C(=O)c2ccc(C(=O)O)o2)ccc1Cl. The lowest BCUT2D eigenvalue weighted by Gasteiger charge is -2.01. The Kier molecular flexibility index (Phi) is 3.21. The van der Waals surface area contributed by atoms with E-state index >= 15 is 0 Å². The number of carboxylic acid groups (broad SMARTS) is 1. The van der Waals surface area contributed by atoms with Gasteiger partial charge >= 0.3 is 5.97 Å². The number of furan rings is 1. The van der Waals surface area contributed by atoms with Gasteiger partial charge in [0, 0.05) is 10.6 Å². The van der Waals surface area contributed by atoms with E-state index in [1.807, 2.05) is 0 Å². The highest BCUT2D eigenvalue weighted by Crippen LogP contribution is 2.19. The fourth-order valence-electron chi connectivity index (χ4n) is 1.50. The molecule has 0 spiro atoms. The van der Waals surface area contributed by atoms with E-state index in [2.05, 4.69) is 0 Å². The zero-order chi connectivity index (χ0) is 13.3. The zero-order valence-electron chi connectivity index (χ0n) is 9.44. The smallest absolute Gasteiger partial charge is 0.371 e. The van der Waals surface area contributed by atoms with Gasteiger partial charge < -0.3 is 9.52 Å². The van der Waals surface area contributed by atoms with E-state index in [4.69, 9.17) is 21.1 Å². The third-order valence-electron chi connectivity index (χ3n) is 2.46. The lowest BCUT2D eigenvalue weighted by atomic mass is 10.1. The first-order valence-electron chi connectivity index (χ1n) is 5.13. The Balaban J connectivity index is 2.35. The number of aromatic carboxylic acids is 1. The molecule has 2 rings (SSSR count). The number of carboxylic acids is 1. The van der Waals surface area contributed by atoms with Crippen molar-refractivity contribution in [2.24, 2.45) is 0 Å². The maximum absolute atomic E-state index is 12.0. The largest absolute Gasteiger partial charge is 0.475 e. The van der Waals surface area contributed by atoms with E-state index in [-0.39, 0.29) is 17.3 Å². The topological polar surface area (TPSA) is 67.5 Å². The standard InChI is InChI=1S/C13H9ClO4/c1-7-6-8(2-3-9(7)14)12(15)10-4-5-11(18-10)13(16)17/h2-6H,1H3,(H,16,17). The second-order valence-electron chi connectivity index (χ2n) is 3.76. The van der Waals surface area contributed by atoms with E-state index in [1.165, 1.54) is 12.1 Å². The molecule has 1 aromatic carbocycles. The normalized spacial score (nSPS) is 10.3. The number of benzene rings is 1. The minimum atomic E-state index is -1.21. The van der Waals surface area contributed by atoms with Gasteiger partial charge in [0.05, 0.1) is 0 Å². The number of carbonyl (C=O) groups excluding carboxylic acids is 1. The van der Waals surface area contributed by atoms with E-state index in [9.17, 15) is 9.59 Å². The number of carbonyl (C=O) groups is 2. The highest BCUT2D eigenvalue weighted by atomic mass is 35.5. The first-order valence-corrected chi connectivity index (χ1v) is 5.51. The van der Waals surface area contributed by atoms with Crippen LogP contribution in [-0.2, 0) is 0 Å². The quantitative estimate of drug-likeness (QED) is 0.865. The first-order chi connectivity index (χ1) is 8.49. The van der Waals surface area contributed by atoms with E-state index in [0.29, 0.717) is 10.6 Å². The Morgan fingerprint density at radius 2 is 1.83 bits per heavy atom. The Morgan fingerprint density at radius 3 is 2.39 bits per heavy atom. The molecule has 1 N–H and O–H groups in total. The average Bonchev–Trinajstić information content (AvgIpc) is 2.81. The lowest BCUT2D eigenvalue weighted by Crippen LogP contribution is -2.00. The molecule has 5 heteroatoms. The second kappa shape index (κ2) is 4.66. The summed E-state index contributed by atoms with van der Waals surface area (Å²) in [6, 6.07) is 7.41. The summed E-state index contributed by atoms with van der Waals surface area (Å²) in [5.41, 5.74) is 1.18. The molecule has 18 heavy (non-hydrogen) atoms. The van der Waals surface area contributed by atoms with Crippen LogP contribution in [0.5, 0.6) is 0 Å². The fraction of sp³-hybridized carbons (Fsp3) is 0.0769. The molecule has 0 aliphatic carbocycles. The van der Waals surface area contributed by atoms with Crippen LogP contribution < -0.4 is 0 Å². The summed E-state index contributed by atoms with van der Waals surface area (Å²) in [5, 5.41) is 9.28. The van der Waals surface area contributed by atoms with Crippen LogP contribution in [0, 0.1) is 6.92 Å². The molecule has 1 aromatic heterocycles. The summed E-state index contributed by atoms with van der Waals surface area (Å²) in [6.45, 7) is 1.78. The van der Waals surface area contributed by atoms with E-state index < -0.39 is 5.97 Å². The van der Waals surface area contributed by atoms with E-state index in [1.54, 1.807) is 25.1 Å². The third-order valence-corrected chi connectivity index (χ3v) is 2.88. The van der Waals surface area contributed by atoms with Gasteiger partial charge in [0.2, 0.25) is 11.5 Å². The van der Waals surface area contributed by atoms with Crippen molar-refractivity contribution in [2.45, 2.75) is 6.92 Å². The molecule has 0 unspecified atom stereocenters. The van der Waals surface area contributed by atoms with Gasteiger partial charge in [0.1, 0.15) is 0 Å². The summed E-state index contributed by atoms with van der Waals surface area (Å²) in [5.74, 6) is -1.85. The molecule has 92 valence electrons. The van der Waals surface area contributed by atoms with Crippen LogP contribution in [0.25, 0.3) is 0 Å². The summed E-state index contributed by atoms with van der Waals surface area (Å²) < 4.78 is 4.95. The molecular weight excluding hydrogens is 256 g/mol. The maximum Gasteiger partial charge on any atom is 0.371 e. The number of rotatable bonds is 3. The van der Waals surface area contributed by atoms with Crippen molar-refractivity contribution in [3.8, 4) is 0 Å². The summed E-state index contributed by atoms with van der Waals surface area (Å²) in [7, 11) is 0. The summed E-state index contributed by atoms with van der Waals surface area (Å²) >= 11 is 5.86. The van der Waals surface area contributed by atoms with Crippen LogP contribution in [0.1, 0.15) is 32.2 Å². The number of hydrogen-bond donors (Lipinski definition) is 1. The molecule has 4 nitrogen and oxygen atoms in total. The van der Waals surface area contributed by atoms with Gasteiger partial charge in [-0.15, -0.1) is 0 Å². The number of hydrogen-bond acceptors (Lipinski definition) is 3. The number of ketones is 1. The molecular formula is C13H9ClO4. The van der Waals surface area contributed by atoms with Crippen molar-refractivity contribution in [2.75, 3.05) is 0 Å².